The van der Waals surface area contributed by atoms with E-state index in [4.69, 9.17) is 0 Å². The molecule has 2 N–H and O–H groups in total. The molecular formula is C14H15FN2O2. The molecule has 0 saturated heterocycles. The van der Waals surface area contributed by atoms with Crippen LogP contribution in [0.25, 0.3) is 0 Å². The molecule has 0 unspecified atom stereocenters. The van der Waals surface area contributed by atoms with Crippen molar-refractivity contribution in [2.45, 2.75) is 13.1 Å². The largest absolute Gasteiger partial charge is 0.464 e. The molecule has 0 aliphatic carbocycles. The zero-order chi connectivity index (χ0) is 13.7. The van der Waals surface area contributed by atoms with Crippen LogP contribution in [-0.2, 0) is 17.8 Å². The number of carbonyl (C=O) groups excluding carboxylic acids is 1. The number of rotatable bonds is 5. The lowest BCUT2D eigenvalue weighted by Crippen LogP contribution is -2.14. The number of aromatic amines is 1. The van der Waals surface area contributed by atoms with Gasteiger partial charge in [0, 0.05) is 24.3 Å². The highest BCUT2D eigenvalue weighted by Crippen LogP contribution is 2.07. The molecule has 19 heavy (non-hydrogen) atoms. The maximum Gasteiger partial charge on any atom is 0.354 e. The van der Waals surface area contributed by atoms with Crippen LogP contribution in [0, 0.1) is 5.82 Å². The average molecular weight is 262 g/mol. The van der Waals surface area contributed by atoms with Crippen LogP contribution in [-0.4, -0.2) is 18.1 Å². The molecule has 0 spiro atoms. The Morgan fingerprint density at radius 2 is 2.05 bits per heavy atom. The molecule has 4 nitrogen and oxygen atoms in total. The Morgan fingerprint density at radius 1 is 1.26 bits per heavy atom. The fraction of sp³-hybridized carbons (Fsp3) is 0.214. The summed E-state index contributed by atoms with van der Waals surface area (Å²) < 4.78 is 18.0. The van der Waals surface area contributed by atoms with Crippen LogP contribution in [0.3, 0.4) is 0 Å². The first-order chi connectivity index (χ1) is 9.20. The Morgan fingerprint density at radius 3 is 2.79 bits per heavy atom. The summed E-state index contributed by atoms with van der Waals surface area (Å²) in [5, 5.41) is 3.11. The van der Waals surface area contributed by atoms with Crippen molar-refractivity contribution < 1.29 is 13.9 Å². The molecule has 1 aromatic carbocycles. The van der Waals surface area contributed by atoms with Gasteiger partial charge in [0.15, 0.2) is 0 Å². The van der Waals surface area contributed by atoms with Crippen molar-refractivity contribution in [1.29, 1.82) is 0 Å². The van der Waals surface area contributed by atoms with Gasteiger partial charge in [-0.1, -0.05) is 18.2 Å². The van der Waals surface area contributed by atoms with Crippen LogP contribution < -0.4 is 5.32 Å². The zero-order valence-corrected chi connectivity index (χ0v) is 10.6. The SMILES string of the molecule is COC(=O)c1ccc(CNCc2ccccc2F)[nH]1. The van der Waals surface area contributed by atoms with Gasteiger partial charge in [0.05, 0.1) is 7.11 Å². The summed E-state index contributed by atoms with van der Waals surface area (Å²) in [6.45, 7) is 0.949. The molecule has 0 fully saturated rings. The minimum atomic E-state index is -0.402. The van der Waals surface area contributed by atoms with Crippen molar-refractivity contribution in [2.24, 2.45) is 0 Å². The van der Waals surface area contributed by atoms with Gasteiger partial charge in [-0.05, 0) is 18.2 Å². The van der Waals surface area contributed by atoms with Crippen molar-refractivity contribution in [2.75, 3.05) is 7.11 Å². The second-order valence-corrected chi connectivity index (χ2v) is 4.08. The van der Waals surface area contributed by atoms with Gasteiger partial charge in [0.25, 0.3) is 0 Å². The zero-order valence-electron chi connectivity index (χ0n) is 10.6. The summed E-state index contributed by atoms with van der Waals surface area (Å²) in [5.41, 5.74) is 1.86. The predicted octanol–water partition coefficient (Wildman–Crippen LogP) is 2.23. The first-order valence-electron chi connectivity index (χ1n) is 5.91. The molecule has 0 bridgehead atoms. The number of hydrogen-bond donors (Lipinski definition) is 2. The third-order valence-electron chi connectivity index (χ3n) is 2.74. The lowest BCUT2D eigenvalue weighted by molar-refractivity contribution is 0.0594. The van der Waals surface area contributed by atoms with E-state index in [0.717, 1.165) is 5.69 Å². The number of aromatic nitrogens is 1. The summed E-state index contributed by atoms with van der Waals surface area (Å²) in [6.07, 6.45) is 0. The Bertz CT molecular complexity index is 566. The van der Waals surface area contributed by atoms with Crippen molar-refractivity contribution >= 4 is 5.97 Å². The number of H-pyrrole nitrogens is 1. The van der Waals surface area contributed by atoms with E-state index in [1.807, 2.05) is 0 Å². The van der Waals surface area contributed by atoms with E-state index in [0.29, 0.717) is 24.3 Å². The molecule has 2 aromatic rings. The Balaban J connectivity index is 1.88. The maximum atomic E-state index is 13.4. The van der Waals surface area contributed by atoms with E-state index in [2.05, 4.69) is 15.0 Å². The molecule has 100 valence electrons. The molecular weight excluding hydrogens is 247 g/mol. The van der Waals surface area contributed by atoms with E-state index in [-0.39, 0.29) is 5.82 Å². The van der Waals surface area contributed by atoms with E-state index in [1.165, 1.54) is 13.2 Å². The molecule has 1 heterocycles. The molecule has 1 aromatic heterocycles. The van der Waals surface area contributed by atoms with Crippen LogP contribution in [0.2, 0.25) is 0 Å². The van der Waals surface area contributed by atoms with Gasteiger partial charge in [0.2, 0.25) is 0 Å². The summed E-state index contributed by atoms with van der Waals surface area (Å²) >= 11 is 0. The highest BCUT2D eigenvalue weighted by Gasteiger charge is 2.07. The summed E-state index contributed by atoms with van der Waals surface area (Å²) in [4.78, 5) is 14.2. The lowest BCUT2D eigenvalue weighted by atomic mass is 10.2. The highest BCUT2D eigenvalue weighted by atomic mass is 19.1. The number of ether oxygens (including phenoxy) is 1. The standard InChI is InChI=1S/C14H15FN2O2/c1-19-14(18)13-7-6-11(17-13)9-16-8-10-4-2-3-5-12(10)15/h2-7,16-17H,8-9H2,1H3. The smallest absolute Gasteiger partial charge is 0.354 e. The second kappa shape index (κ2) is 6.15. The van der Waals surface area contributed by atoms with Gasteiger partial charge in [-0.25, -0.2) is 9.18 Å². The fourth-order valence-electron chi connectivity index (χ4n) is 1.75. The molecule has 0 aliphatic rings. The average Bonchev–Trinajstić information content (AvgIpc) is 2.89. The maximum absolute atomic E-state index is 13.4. The number of nitrogens with one attached hydrogen (secondary N) is 2. The number of methoxy groups -OCH3 is 1. The first-order valence-corrected chi connectivity index (χ1v) is 5.91. The first kappa shape index (κ1) is 13.3. The Labute approximate surface area is 110 Å². The number of benzene rings is 1. The molecule has 0 aliphatic heterocycles. The minimum absolute atomic E-state index is 0.225. The predicted molar refractivity (Wildman–Crippen MR) is 69.1 cm³/mol. The van der Waals surface area contributed by atoms with Crippen LogP contribution in [0.15, 0.2) is 36.4 Å². The molecule has 2 rings (SSSR count). The lowest BCUT2D eigenvalue weighted by Gasteiger charge is -2.04. The number of carbonyl (C=O) groups is 1. The number of esters is 1. The number of hydrogen-bond acceptors (Lipinski definition) is 3. The van der Waals surface area contributed by atoms with Crippen LogP contribution in [0.1, 0.15) is 21.7 Å². The van der Waals surface area contributed by atoms with E-state index < -0.39 is 5.97 Å². The Hall–Kier alpha value is -2.14. The quantitative estimate of drug-likeness (QED) is 0.812. The van der Waals surface area contributed by atoms with Gasteiger partial charge < -0.3 is 15.0 Å². The van der Waals surface area contributed by atoms with Gasteiger partial charge in [-0.15, -0.1) is 0 Å². The topological polar surface area (TPSA) is 54.1 Å². The van der Waals surface area contributed by atoms with Crippen LogP contribution in [0.5, 0.6) is 0 Å². The van der Waals surface area contributed by atoms with E-state index in [1.54, 1.807) is 30.3 Å². The van der Waals surface area contributed by atoms with E-state index in [9.17, 15) is 9.18 Å². The molecule has 0 radical (unpaired) electrons. The molecule has 5 heteroatoms. The minimum Gasteiger partial charge on any atom is -0.464 e. The van der Waals surface area contributed by atoms with Crippen molar-refractivity contribution in [3.05, 3.63) is 59.2 Å². The normalized spacial score (nSPS) is 10.4. The monoisotopic (exact) mass is 262 g/mol. The van der Waals surface area contributed by atoms with E-state index >= 15 is 0 Å². The Kier molecular flexibility index (Phi) is 4.30. The van der Waals surface area contributed by atoms with Gasteiger partial charge in [-0.3, -0.25) is 0 Å². The van der Waals surface area contributed by atoms with Gasteiger partial charge in [0.1, 0.15) is 11.5 Å². The van der Waals surface area contributed by atoms with Crippen LogP contribution in [0.4, 0.5) is 4.39 Å². The molecule has 0 amide bonds. The summed E-state index contributed by atoms with van der Waals surface area (Å²) in [7, 11) is 1.33. The number of halogens is 1. The van der Waals surface area contributed by atoms with Crippen molar-refractivity contribution in [3.63, 3.8) is 0 Å². The van der Waals surface area contributed by atoms with Gasteiger partial charge in [-0.2, -0.15) is 0 Å². The highest BCUT2D eigenvalue weighted by molar-refractivity contribution is 5.87. The van der Waals surface area contributed by atoms with Crippen LogP contribution >= 0.6 is 0 Å². The van der Waals surface area contributed by atoms with Gasteiger partial charge >= 0.3 is 5.97 Å². The molecule has 0 atom stereocenters. The summed E-state index contributed by atoms with van der Waals surface area (Å²) in [5.74, 6) is -0.628. The van der Waals surface area contributed by atoms with Crippen molar-refractivity contribution in [1.82, 2.24) is 10.3 Å². The second-order valence-electron chi connectivity index (χ2n) is 4.08. The van der Waals surface area contributed by atoms with Crippen molar-refractivity contribution in [3.8, 4) is 0 Å². The summed E-state index contributed by atoms with van der Waals surface area (Å²) in [6, 6.07) is 10.1. The third kappa shape index (κ3) is 3.42. The molecule has 0 saturated carbocycles. The third-order valence-corrected chi connectivity index (χ3v) is 2.74. The fourth-order valence-corrected chi connectivity index (χ4v) is 1.75.